The van der Waals surface area contributed by atoms with Crippen molar-refractivity contribution in [3.8, 4) is 0 Å². The first-order valence-electron chi connectivity index (χ1n) is 6.23. The molecule has 0 unspecified atom stereocenters. The van der Waals surface area contributed by atoms with Crippen molar-refractivity contribution in [2.75, 3.05) is 0 Å². The van der Waals surface area contributed by atoms with Crippen LogP contribution in [-0.2, 0) is 0 Å². The first kappa shape index (κ1) is 12.1. The largest absolute Gasteiger partial charge is 0.349 e. The number of halogens is 1. The average Bonchev–Trinajstić information content (AvgIpc) is 2.33. The molecule has 1 saturated carbocycles. The molecule has 2 rings (SSSR count). The van der Waals surface area contributed by atoms with Crippen molar-refractivity contribution in [3.63, 3.8) is 0 Å². The van der Waals surface area contributed by atoms with Gasteiger partial charge in [0.15, 0.2) is 0 Å². The fraction of sp³-hybridized carbons (Fsp3) is 0.500. The van der Waals surface area contributed by atoms with E-state index < -0.39 is 0 Å². The van der Waals surface area contributed by atoms with Gasteiger partial charge in [0.2, 0.25) is 0 Å². The Balaban J connectivity index is 1.98. The van der Waals surface area contributed by atoms with Crippen molar-refractivity contribution in [2.45, 2.75) is 38.6 Å². The smallest absolute Gasteiger partial charge is 0.251 e. The number of carbonyl (C=O) groups excluding carboxylic acids is 1. The molecule has 0 bridgehead atoms. The lowest BCUT2D eigenvalue weighted by Gasteiger charge is -2.29. The van der Waals surface area contributed by atoms with E-state index in [1.165, 1.54) is 43.5 Å². The first-order valence-corrected chi connectivity index (χ1v) is 6.23. The van der Waals surface area contributed by atoms with Gasteiger partial charge in [-0.2, -0.15) is 0 Å². The van der Waals surface area contributed by atoms with Gasteiger partial charge in [0.05, 0.1) is 0 Å². The van der Waals surface area contributed by atoms with E-state index in [1.807, 2.05) is 0 Å². The third kappa shape index (κ3) is 3.05. The number of amides is 1. The normalized spacial score (nSPS) is 24.4. The van der Waals surface area contributed by atoms with Gasteiger partial charge in [-0.1, -0.05) is 19.8 Å². The quantitative estimate of drug-likeness (QED) is 0.838. The summed E-state index contributed by atoms with van der Waals surface area (Å²) in [5.41, 5.74) is 0.532. The second-order valence-electron chi connectivity index (χ2n) is 4.85. The zero-order chi connectivity index (χ0) is 12.3. The SMILES string of the molecule is C[C@H]1CCCC[C@@H]1NC(=O)c1ccc(F)cc1. The van der Waals surface area contributed by atoms with Crippen LogP contribution in [0, 0.1) is 11.7 Å². The molecule has 0 spiro atoms. The van der Waals surface area contributed by atoms with Gasteiger partial charge in [0.25, 0.3) is 5.91 Å². The Labute approximate surface area is 101 Å². The molecule has 0 aromatic heterocycles. The summed E-state index contributed by atoms with van der Waals surface area (Å²) in [4.78, 5) is 11.9. The van der Waals surface area contributed by atoms with Crippen LogP contribution in [0.4, 0.5) is 4.39 Å². The maximum Gasteiger partial charge on any atom is 0.251 e. The van der Waals surface area contributed by atoms with Crippen LogP contribution in [0.15, 0.2) is 24.3 Å². The Kier molecular flexibility index (Phi) is 3.77. The molecule has 1 N–H and O–H groups in total. The van der Waals surface area contributed by atoms with Gasteiger partial charge in [-0.3, -0.25) is 4.79 Å². The molecule has 2 atom stereocenters. The van der Waals surface area contributed by atoms with Crippen LogP contribution in [-0.4, -0.2) is 11.9 Å². The van der Waals surface area contributed by atoms with Crippen LogP contribution in [0.5, 0.6) is 0 Å². The van der Waals surface area contributed by atoms with Gasteiger partial charge in [-0.05, 0) is 43.0 Å². The Morgan fingerprint density at radius 2 is 1.88 bits per heavy atom. The second kappa shape index (κ2) is 5.30. The first-order chi connectivity index (χ1) is 8.16. The van der Waals surface area contributed by atoms with Gasteiger partial charge < -0.3 is 5.32 Å². The van der Waals surface area contributed by atoms with Crippen molar-refractivity contribution in [3.05, 3.63) is 35.6 Å². The highest BCUT2D eigenvalue weighted by Crippen LogP contribution is 2.23. The highest BCUT2D eigenvalue weighted by atomic mass is 19.1. The number of nitrogens with one attached hydrogen (secondary N) is 1. The maximum absolute atomic E-state index is 12.7. The summed E-state index contributed by atoms with van der Waals surface area (Å²) >= 11 is 0. The highest BCUT2D eigenvalue weighted by molar-refractivity contribution is 5.94. The minimum atomic E-state index is -0.312. The topological polar surface area (TPSA) is 29.1 Å². The minimum absolute atomic E-state index is 0.0937. The molecular formula is C14H18FNO. The standard InChI is InChI=1S/C14H18FNO/c1-10-4-2-3-5-13(10)16-14(17)11-6-8-12(15)9-7-11/h6-10,13H,2-5H2,1H3,(H,16,17)/t10-,13-/m0/s1. The number of carbonyl (C=O) groups is 1. The summed E-state index contributed by atoms with van der Waals surface area (Å²) in [6.45, 7) is 2.18. The lowest BCUT2D eigenvalue weighted by atomic mass is 9.86. The van der Waals surface area contributed by atoms with E-state index in [1.54, 1.807) is 0 Å². The number of rotatable bonds is 2. The summed E-state index contributed by atoms with van der Waals surface area (Å²) in [6.07, 6.45) is 4.66. The molecule has 1 aromatic carbocycles. The van der Waals surface area contributed by atoms with Crippen LogP contribution in [0.1, 0.15) is 43.0 Å². The molecule has 0 saturated heterocycles. The molecule has 1 fully saturated rings. The van der Waals surface area contributed by atoms with Gasteiger partial charge >= 0.3 is 0 Å². The third-order valence-corrected chi connectivity index (χ3v) is 3.53. The zero-order valence-corrected chi connectivity index (χ0v) is 10.1. The van der Waals surface area contributed by atoms with E-state index in [4.69, 9.17) is 0 Å². The van der Waals surface area contributed by atoms with E-state index in [0.29, 0.717) is 11.5 Å². The Morgan fingerprint density at radius 1 is 1.24 bits per heavy atom. The van der Waals surface area contributed by atoms with Crippen molar-refractivity contribution in [1.82, 2.24) is 5.32 Å². The maximum atomic E-state index is 12.7. The Bertz CT molecular complexity index is 388. The van der Waals surface area contributed by atoms with E-state index in [-0.39, 0.29) is 17.8 Å². The molecule has 2 nitrogen and oxygen atoms in total. The summed E-state index contributed by atoms with van der Waals surface area (Å²) < 4.78 is 12.7. The summed E-state index contributed by atoms with van der Waals surface area (Å²) in [5, 5.41) is 3.04. The summed E-state index contributed by atoms with van der Waals surface area (Å²) in [5.74, 6) is 0.129. The number of benzene rings is 1. The number of hydrogen-bond donors (Lipinski definition) is 1. The lowest BCUT2D eigenvalue weighted by Crippen LogP contribution is -2.41. The van der Waals surface area contributed by atoms with Crippen molar-refractivity contribution in [1.29, 1.82) is 0 Å². The van der Waals surface area contributed by atoms with Crippen LogP contribution < -0.4 is 5.32 Å². The Hall–Kier alpha value is -1.38. The van der Waals surface area contributed by atoms with Crippen LogP contribution in [0.3, 0.4) is 0 Å². The average molecular weight is 235 g/mol. The fourth-order valence-electron chi connectivity index (χ4n) is 2.38. The molecule has 0 heterocycles. The summed E-state index contributed by atoms with van der Waals surface area (Å²) in [7, 11) is 0. The monoisotopic (exact) mass is 235 g/mol. The van der Waals surface area contributed by atoms with Crippen LogP contribution in [0.2, 0.25) is 0 Å². The molecule has 17 heavy (non-hydrogen) atoms. The van der Waals surface area contributed by atoms with Crippen molar-refractivity contribution in [2.24, 2.45) is 5.92 Å². The van der Waals surface area contributed by atoms with E-state index >= 15 is 0 Å². The Morgan fingerprint density at radius 3 is 2.53 bits per heavy atom. The molecule has 0 aliphatic heterocycles. The molecule has 0 radical (unpaired) electrons. The second-order valence-corrected chi connectivity index (χ2v) is 4.85. The van der Waals surface area contributed by atoms with Crippen LogP contribution >= 0.6 is 0 Å². The minimum Gasteiger partial charge on any atom is -0.349 e. The van der Waals surface area contributed by atoms with Crippen molar-refractivity contribution < 1.29 is 9.18 Å². The molecule has 1 aromatic rings. The van der Waals surface area contributed by atoms with Gasteiger partial charge in [-0.15, -0.1) is 0 Å². The predicted octanol–water partition coefficient (Wildman–Crippen LogP) is 3.13. The predicted molar refractivity (Wildman–Crippen MR) is 65.3 cm³/mol. The summed E-state index contributed by atoms with van der Waals surface area (Å²) in [6, 6.07) is 5.95. The lowest BCUT2D eigenvalue weighted by molar-refractivity contribution is 0.0910. The molecule has 92 valence electrons. The molecule has 1 amide bonds. The number of hydrogen-bond acceptors (Lipinski definition) is 1. The molecule has 1 aliphatic carbocycles. The third-order valence-electron chi connectivity index (χ3n) is 3.53. The van der Waals surface area contributed by atoms with Gasteiger partial charge in [0, 0.05) is 11.6 Å². The highest BCUT2D eigenvalue weighted by Gasteiger charge is 2.23. The van der Waals surface area contributed by atoms with Crippen LogP contribution in [0.25, 0.3) is 0 Å². The van der Waals surface area contributed by atoms with E-state index in [9.17, 15) is 9.18 Å². The van der Waals surface area contributed by atoms with E-state index in [2.05, 4.69) is 12.2 Å². The fourth-order valence-corrected chi connectivity index (χ4v) is 2.38. The van der Waals surface area contributed by atoms with Gasteiger partial charge in [-0.25, -0.2) is 4.39 Å². The molecule has 1 aliphatic rings. The zero-order valence-electron chi connectivity index (χ0n) is 10.1. The van der Waals surface area contributed by atoms with Crippen molar-refractivity contribution >= 4 is 5.91 Å². The van der Waals surface area contributed by atoms with Gasteiger partial charge in [0.1, 0.15) is 5.82 Å². The van der Waals surface area contributed by atoms with E-state index in [0.717, 1.165) is 6.42 Å². The molecular weight excluding hydrogens is 217 g/mol. The molecule has 3 heteroatoms.